The molecule has 1 amide bonds. The molecule has 1 aromatic heterocycles. The molecule has 2 aromatic carbocycles. The van der Waals surface area contributed by atoms with E-state index in [9.17, 15) is 4.79 Å². The monoisotopic (exact) mass is 309 g/mol. The predicted octanol–water partition coefficient (Wildman–Crippen LogP) is 4.07. The third-order valence-corrected chi connectivity index (χ3v) is 4.10. The quantitative estimate of drug-likeness (QED) is 0.793. The van der Waals surface area contributed by atoms with Gasteiger partial charge in [0.2, 0.25) is 0 Å². The van der Waals surface area contributed by atoms with Crippen molar-refractivity contribution in [3.05, 3.63) is 64.5 Å². The first-order valence-electron chi connectivity index (χ1n) is 6.91. The Labute approximate surface area is 133 Å². The minimum atomic E-state index is -0.180. The Morgan fingerprint density at radius 3 is 2.59 bits per heavy atom. The first kappa shape index (κ1) is 14.4. The fraction of sp³-hybridized carbons (Fsp3) is 0.118. The summed E-state index contributed by atoms with van der Waals surface area (Å²) in [4.78, 5) is 13.0. The number of aromatic nitrogens is 2. The third-order valence-electron chi connectivity index (χ3n) is 3.37. The summed E-state index contributed by atoms with van der Waals surface area (Å²) in [5, 5.41) is 7.03. The van der Waals surface area contributed by atoms with Crippen molar-refractivity contribution in [3.63, 3.8) is 0 Å². The Kier molecular flexibility index (Phi) is 3.98. The van der Waals surface area contributed by atoms with E-state index in [1.807, 2.05) is 62.4 Å². The van der Waals surface area contributed by atoms with E-state index in [0.29, 0.717) is 10.6 Å². The topological polar surface area (TPSA) is 54.9 Å². The summed E-state index contributed by atoms with van der Waals surface area (Å²) in [5.74, 6) is -0.180. The van der Waals surface area contributed by atoms with Gasteiger partial charge in [0.05, 0.1) is 0 Å². The number of aryl methyl sites for hydroxylation is 2. The van der Waals surface area contributed by atoms with Crippen molar-refractivity contribution in [3.8, 4) is 11.3 Å². The van der Waals surface area contributed by atoms with Gasteiger partial charge in [-0.1, -0.05) is 52.5 Å². The highest BCUT2D eigenvalue weighted by Crippen LogP contribution is 2.25. The van der Waals surface area contributed by atoms with E-state index in [2.05, 4.69) is 14.9 Å². The molecule has 0 radical (unpaired) electrons. The van der Waals surface area contributed by atoms with Crippen LogP contribution in [0.25, 0.3) is 11.3 Å². The largest absolute Gasteiger partial charge is 0.321 e. The molecular formula is C17H15N3OS. The molecule has 0 saturated heterocycles. The highest BCUT2D eigenvalue weighted by Gasteiger charge is 2.18. The van der Waals surface area contributed by atoms with Crippen molar-refractivity contribution in [2.24, 2.45) is 0 Å². The number of amides is 1. The number of nitrogens with one attached hydrogen (secondary N) is 1. The number of rotatable bonds is 3. The highest BCUT2D eigenvalue weighted by atomic mass is 32.1. The van der Waals surface area contributed by atoms with E-state index < -0.39 is 0 Å². The lowest BCUT2D eigenvalue weighted by Crippen LogP contribution is -2.12. The maximum atomic E-state index is 12.5. The van der Waals surface area contributed by atoms with Crippen LogP contribution in [0.15, 0.2) is 48.5 Å². The van der Waals surface area contributed by atoms with Gasteiger partial charge in [0, 0.05) is 11.3 Å². The van der Waals surface area contributed by atoms with Crippen LogP contribution in [0.3, 0.4) is 0 Å². The van der Waals surface area contributed by atoms with Gasteiger partial charge in [-0.2, -0.15) is 0 Å². The number of carbonyl (C=O) groups excluding carboxylic acids is 1. The average molecular weight is 309 g/mol. The first-order chi connectivity index (χ1) is 10.6. The molecule has 4 nitrogen and oxygen atoms in total. The molecule has 0 aliphatic carbocycles. The summed E-state index contributed by atoms with van der Waals surface area (Å²) in [6.45, 7) is 4.00. The van der Waals surface area contributed by atoms with Gasteiger partial charge in [-0.3, -0.25) is 4.79 Å². The fourth-order valence-electron chi connectivity index (χ4n) is 2.26. The zero-order valence-electron chi connectivity index (χ0n) is 12.3. The molecule has 0 bridgehead atoms. The van der Waals surface area contributed by atoms with Crippen LogP contribution < -0.4 is 5.32 Å². The molecular weight excluding hydrogens is 294 g/mol. The van der Waals surface area contributed by atoms with Gasteiger partial charge in [0.15, 0.2) is 0 Å². The maximum absolute atomic E-state index is 12.5. The molecule has 3 aromatic rings. The summed E-state index contributed by atoms with van der Waals surface area (Å²) in [6.07, 6.45) is 0. The van der Waals surface area contributed by atoms with Gasteiger partial charge >= 0.3 is 0 Å². The van der Waals surface area contributed by atoms with Crippen LogP contribution in [0.2, 0.25) is 0 Å². The van der Waals surface area contributed by atoms with Crippen LogP contribution in [-0.4, -0.2) is 15.5 Å². The van der Waals surface area contributed by atoms with Crippen LogP contribution >= 0.6 is 11.5 Å². The molecule has 0 atom stereocenters. The van der Waals surface area contributed by atoms with E-state index in [1.165, 1.54) is 5.56 Å². The predicted molar refractivity (Wildman–Crippen MR) is 89.2 cm³/mol. The highest BCUT2D eigenvalue weighted by molar-refractivity contribution is 7.08. The number of nitrogens with zero attached hydrogens (tertiary/aromatic N) is 2. The molecule has 1 N–H and O–H groups in total. The Bertz CT molecular complexity index is 812. The SMILES string of the molecule is Cc1ccc(NC(=O)c2snnc2-c2ccccc2)c(C)c1. The van der Waals surface area contributed by atoms with Crippen molar-refractivity contribution < 1.29 is 4.79 Å². The lowest BCUT2D eigenvalue weighted by atomic mass is 10.1. The minimum Gasteiger partial charge on any atom is -0.321 e. The van der Waals surface area contributed by atoms with Crippen molar-refractivity contribution in [1.82, 2.24) is 9.59 Å². The van der Waals surface area contributed by atoms with Crippen LogP contribution in [0.5, 0.6) is 0 Å². The normalized spacial score (nSPS) is 10.5. The third kappa shape index (κ3) is 2.89. The summed E-state index contributed by atoms with van der Waals surface area (Å²) in [5.41, 5.74) is 4.52. The Hall–Kier alpha value is -2.53. The zero-order valence-corrected chi connectivity index (χ0v) is 13.1. The minimum absolute atomic E-state index is 0.180. The number of hydrogen-bond acceptors (Lipinski definition) is 4. The van der Waals surface area contributed by atoms with Gasteiger partial charge in [0.1, 0.15) is 10.6 Å². The molecule has 0 saturated carbocycles. The molecule has 3 rings (SSSR count). The van der Waals surface area contributed by atoms with E-state index in [0.717, 1.165) is 28.3 Å². The van der Waals surface area contributed by atoms with Gasteiger partial charge in [-0.25, -0.2) is 0 Å². The molecule has 22 heavy (non-hydrogen) atoms. The van der Waals surface area contributed by atoms with Gasteiger partial charge in [0.25, 0.3) is 5.91 Å². The Balaban J connectivity index is 1.89. The van der Waals surface area contributed by atoms with Crippen molar-refractivity contribution in [2.75, 3.05) is 5.32 Å². The maximum Gasteiger partial charge on any atom is 0.269 e. The lowest BCUT2D eigenvalue weighted by Gasteiger charge is -2.08. The number of anilines is 1. The summed E-state index contributed by atoms with van der Waals surface area (Å²) < 4.78 is 3.93. The number of carbonyl (C=O) groups is 1. The molecule has 5 heteroatoms. The van der Waals surface area contributed by atoms with Gasteiger partial charge < -0.3 is 5.32 Å². The van der Waals surface area contributed by atoms with Crippen LogP contribution in [-0.2, 0) is 0 Å². The van der Waals surface area contributed by atoms with E-state index >= 15 is 0 Å². The molecule has 110 valence electrons. The zero-order chi connectivity index (χ0) is 15.5. The summed E-state index contributed by atoms with van der Waals surface area (Å²) in [6, 6.07) is 15.5. The molecule has 1 heterocycles. The molecule has 0 aliphatic heterocycles. The number of hydrogen-bond donors (Lipinski definition) is 1. The second kappa shape index (κ2) is 6.07. The lowest BCUT2D eigenvalue weighted by molar-refractivity contribution is 0.103. The van der Waals surface area contributed by atoms with Crippen molar-refractivity contribution in [1.29, 1.82) is 0 Å². The van der Waals surface area contributed by atoms with E-state index in [4.69, 9.17) is 0 Å². The smallest absolute Gasteiger partial charge is 0.269 e. The standard InChI is InChI=1S/C17H15N3OS/c1-11-8-9-14(12(2)10-11)18-17(21)16-15(19-20-22-16)13-6-4-3-5-7-13/h3-10H,1-2H3,(H,18,21). The second-order valence-electron chi connectivity index (χ2n) is 5.09. The Morgan fingerprint density at radius 1 is 1.09 bits per heavy atom. The van der Waals surface area contributed by atoms with Crippen LogP contribution in [0, 0.1) is 13.8 Å². The first-order valence-corrected chi connectivity index (χ1v) is 7.69. The molecule has 0 unspecified atom stereocenters. The van der Waals surface area contributed by atoms with E-state index in [-0.39, 0.29) is 5.91 Å². The van der Waals surface area contributed by atoms with E-state index in [1.54, 1.807) is 0 Å². The van der Waals surface area contributed by atoms with Gasteiger partial charge in [-0.15, -0.1) is 5.10 Å². The average Bonchev–Trinajstić information content (AvgIpc) is 3.00. The molecule has 0 aliphatic rings. The molecule has 0 spiro atoms. The molecule has 0 fully saturated rings. The van der Waals surface area contributed by atoms with Crippen molar-refractivity contribution in [2.45, 2.75) is 13.8 Å². The fourth-order valence-corrected chi connectivity index (χ4v) is 2.84. The van der Waals surface area contributed by atoms with Crippen molar-refractivity contribution >= 4 is 23.1 Å². The summed E-state index contributed by atoms with van der Waals surface area (Å²) in [7, 11) is 0. The van der Waals surface area contributed by atoms with Crippen LogP contribution in [0.1, 0.15) is 20.8 Å². The summed E-state index contributed by atoms with van der Waals surface area (Å²) >= 11 is 1.11. The number of benzene rings is 2. The van der Waals surface area contributed by atoms with Crippen LogP contribution in [0.4, 0.5) is 5.69 Å². The second-order valence-corrected chi connectivity index (χ2v) is 5.84. The Morgan fingerprint density at radius 2 is 1.86 bits per heavy atom. The van der Waals surface area contributed by atoms with Gasteiger partial charge in [-0.05, 0) is 37.0 Å².